The predicted molar refractivity (Wildman–Crippen MR) is 64.2 cm³/mol. The van der Waals surface area contributed by atoms with Crippen LogP contribution >= 0.6 is 11.8 Å². The van der Waals surface area contributed by atoms with Crippen LogP contribution in [0.1, 0.15) is 20.8 Å². The molecule has 16 heavy (non-hydrogen) atoms. The lowest BCUT2D eigenvalue weighted by atomic mass is 9.98. The zero-order valence-corrected chi connectivity index (χ0v) is 10.8. The molecule has 1 aliphatic rings. The van der Waals surface area contributed by atoms with Crippen LogP contribution in [0.2, 0.25) is 0 Å². The summed E-state index contributed by atoms with van der Waals surface area (Å²) in [5.41, 5.74) is -0.469. The molecule has 4 nitrogen and oxygen atoms in total. The average Bonchev–Trinajstić information content (AvgIpc) is 2.59. The summed E-state index contributed by atoms with van der Waals surface area (Å²) < 4.78 is 5.13. The van der Waals surface area contributed by atoms with E-state index in [0.29, 0.717) is 6.54 Å². The van der Waals surface area contributed by atoms with Crippen LogP contribution in [0.4, 0.5) is 4.79 Å². The molecule has 1 rings (SSSR count). The minimum absolute atomic E-state index is 0.0555. The number of carbonyl (C=O) groups excluding carboxylic acids is 1. The first kappa shape index (κ1) is 13.2. The number of nitrogens with one attached hydrogen (secondary N) is 1. The van der Waals surface area contributed by atoms with Gasteiger partial charge < -0.3 is 10.1 Å². The fourth-order valence-electron chi connectivity index (χ4n) is 1.47. The van der Waals surface area contributed by atoms with Gasteiger partial charge in [-0.1, -0.05) is 0 Å². The number of nitriles is 1. The summed E-state index contributed by atoms with van der Waals surface area (Å²) in [4.78, 5) is 11.4. The van der Waals surface area contributed by atoms with Gasteiger partial charge in [0.2, 0.25) is 0 Å². The van der Waals surface area contributed by atoms with E-state index in [0.717, 1.165) is 11.5 Å². The second-order valence-corrected chi connectivity index (χ2v) is 5.99. The maximum Gasteiger partial charge on any atom is 0.407 e. The van der Waals surface area contributed by atoms with Crippen molar-refractivity contribution in [3.05, 3.63) is 0 Å². The Morgan fingerprint density at radius 2 is 2.25 bits per heavy atom. The lowest BCUT2D eigenvalue weighted by Gasteiger charge is -2.21. The second-order valence-electron chi connectivity index (χ2n) is 4.92. The molecule has 1 heterocycles. The van der Waals surface area contributed by atoms with Gasteiger partial charge in [-0.2, -0.15) is 17.0 Å². The van der Waals surface area contributed by atoms with E-state index in [-0.39, 0.29) is 11.8 Å². The smallest absolute Gasteiger partial charge is 0.407 e. The van der Waals surface area contributed by atoms with Crippen LogP contribution in [0.25, 0.3) is 0 Å². The molecule has 0 bridgehead atoms. The van der Waals surface area contributed by atoms with Gasteiger partial charge in [-0.25, -0.2) is 4.79 Å². The number of rotatable bonds is 2. The van der Waals surface area contributed by atoms with E-state index < -0.39 is 11.7 Å². The molecule has 5 heteroatoms. The van der Waals surface area contributed by atoms with Crippen LogP contribution in [0.15, 0.2) is 0 Å². The molecule has 90 valence electrons. The van der Waals surface area contributed by atoms with Gasteiger partial charge in [-0.3, -0.25) is 0 Å². The highest BCUT2D eigenvalue weighted by Crippen LogP contribution is 2.28. The van der Waals surface area contributed by atoms with Gasteiger partial charge in [0, 0.05) is 18.2 Å². The molecule has 0 unspecified atom stereocenters. The molecule has 1 fully saturated rings. The molecular formula is C11H18N2O2S. The molecule has 1 N–H and O–H groups in total. The monoisotopic (exact) mass is 242 g/mol. The van der Waals surface area contributed by atoms with Crippen LogP contribution in [0.5, 0.6) is 0 Å². The van der Waals surface area contributed by atoms with Gasteiger partial charge in [-0.15, -0.1) is 0 Å². The van der Waals surface area contributed by atoms with Crippen LogP contribution in [-0.4, -0.2) is 29.7 Å². The lowest BCUT2D eigenvalue weighted by molar-refractivity contribution is 0.0519. The number of hydrogen-bond acceptors (Lipinski definition) is 4. The van der Waals surface area contributed by atoms with Gasteiger partial charge in [0.15, 0.2) is 0 Å². The van der Waals surface area contributed by atoms with Crippen molar-refractivity contribution in [3.63, 3.8) is 0 Å². The Hall–Kier alpha value is -0.890. The largest absolute Gasteiger partial charge is 0.444 e. The molecule has 1 saturated heterocycles. The Balaban J connectivity index is 2.30. The Morgan fingerprint density at radius 3 is 2.81 bits per heavy atom. The third-order valence-corrected chi connectivity index (χ3v) is 3.53. The average molecular weight is 242 g/mol. The molecule has 0 spiro atoms. The Kier molecular flexibility index (Phi) is 4.48. The van der Waals surface area contributed by atoms with Crippen molar-refractivity contribution in [2.45, 2.75) is 26.4 Å². The van der Waals surface area contributed by atoms with Crippen LogP contribution in [-0.2, 0) is 4.74 Å². The third kappa shape index (κ3) is 4.31. The topological polar surface area (TPSA) is 62.1 Å². The summed E-state index contributed by atoms with van der Waals surface area (Å²) >= 11 is 1.77. The van der Waals surface area contributed by atoms with Crippen molar-refractivity contribution in [3.8, 4) is 6.07 Å². The van der Waals surface area contributed by atoms with Crippen LogP contribution < -0.4 is 5.32 Å². The number of thioether (sulfide) groups is 1. The van der Waals surface area contributed by atoms with E-state index in [4.69, 9.17) is 10.00 Å². The summed E-state index contributed by atoms with van der Waals surface area (Å²) in [6, 6.07) is 2.27. The van der Waals surface area contributed by atoms with Crippen molar-refractivity contribution in [1.29, 1.82) is 5.26 Å². The fraction of sp³-hybridized carbons (Fsp3) is 0.818. The van der Waals surface area contributed by atoms with Crippen molar-refractivity contribution in [2.24, 2.45) is 11.8 Å². The number of amides is 1. The van der Waals surface area contributed by atoms with Crippen molar-refractivity contribution >= 4 is 17.9 Å². The highest BCUT2D eigenvalue weighted by molar-refractivity contribution is 7.99. The summed E-state index contributed by atoms with van der Waals surface area (Å²) in [5.74, 6) is 2.12. The van der Waals surface area contributed by atoms with Gasteiger partial charge in [0.25, 0.3) is 0 Å². The maximum absolute atomic E-state index is 11.4. The van der Waals surface area contributed by atoms with Crippen molar-refractivity contribution in [2.75, 3.05) is 18.1 Å². The zero-order valence-electron chi connectivity index (χ0n) is 9.95. The van der Waals surface area contributed by atoms with E-state index in [9.17, 15) is 4.79 Å². The molecule has 0 aromatic rings. The van der Waals surface area contributed by atoms with Crippen LogP contribution in [0, 0.1) is 23.2 Å². The Morgan fingerprint density at radius 1 is 1.56 bits per heavy atom. The molecule has 0 saturated carbocycles. The molecule has 0 aliphatic carbocycles. The first-order valence-electron chi connectivity index (χ1n) is 5.36. The minimum Gasteiger partial charge on any atom is -0.444 e. The fourth-order valence-corrected chi connectivity index (χ4v) is 2.86. The van der Waals surface area contributed by atoms with E-state index in [1.165, 1.54) is 0 Å². The van der Waals surface area contributed by atoms with E-state index in [1.54, 1.807) is 11.8 Å². The molecule has 2 atom stereocenters. The number of ether oxygens (including phenoxy) is 1. The number of alkyl carbamates (subject to hydrolysis) is 1. The quantitative estimate of drug-likeness (QED) is 0.804. The summed E-state index contributed by atoms with van der Waals surface area (Å²) in [6.45, 7) is 6.02. The van der Waals surface area contributed by atoms with Gasteiger partial charge >= 0.3 is 6.09 Å². The lowest BCUT2D eigenvalue weighted by Crippen LogP contribution is -2.36. The standard InChI is InChI=1S/C11H18N2O2S/c1-11(2,3)15-10(14)13-5-9-7-16-6-8(9)4-12/h8-9H,5-7H2,1-3H3,(H,13,14)/t8-,9-/m1/s1. The SMILES string of the molecule is CC(C)(C)OC(=O)NC[C@@H]1CSC[C@H]1C#N. The molecule has 0 radical (unpaired) electrons. The highest BCUT2D eigenvalue weighted by atomic mass is 32.2. The summed E-state index contributed by atoms with van der Waals surface area (Å²) in [5, 5.41) is 11.6. The van der Waals surface area contributed by atoms with Crippen molar-refractivity contribution < 1.29 is 9.53 Å². The third-order valence-electron chi connectivity index (χ3n) is 2.27. The summed E-state index contributed by atoms with van der Waals surface area (Å²) in [6.07, 6.45) is -0.402. The van der Waals surface area contributed by atoms with Gasteiger partial charge in [0.1, 0.15) is 5.60 Å². The first-order chi connectivity index (χ1) is 7.42. The molecule has 1 aliphatic heterocycles. The Bertz CT molecular complexity index is 293. The Labute approximate surface area is 101 Å². The van der Waals surface area contributed by atoms with Crippen LogP contribution in [0.3, 0.4) is 0 Å². The summed E-state index contributed by atoms with van der Waals surface area (Å²) in [7, 11) is 0. The molecule has 1 amide bonds. The molecule has 0 aromatic carbocycles. The maximum atomic E-state index is 11.4. The normalized spacial score (nSPS) is 24.9. The number of hydrogen-bond donors (Lipinski definition) is 1. The van der Waals surface area contributed by atoms with E-state index in [1.807, 2.05) is 20.8 Å². The highest BCUT2D eigenvalue weighted by Gasteiger charge is 2.28. The number of carbonyl (C=O) groups is 1. The van der Waals surface area contributed by atoms with Gasteiger partial charge in [0.05, 0.1) is 12.0 Å². The zero-order chi connectivity index (χ0) is 12.2. The molecule has 0 aromatic heterocycles. The molecular weight excluding hydrogens is 224 g/mol. The minimum atomic E-state index is -0.469. The second kappa shape index (κ2) is 5.44. The number of nitrogens with zero attached hydrogens (tertiary/aromatic N) is 1. The van der Waals surface area contributed by atoms with E-state index in [2.05, 4.69) is 11.4 Å². The van der Waals surface area contributed by atoms with E-state index >= 15 is 0 Å². The predicted octanol–water partition coefficient (Wildman–Crippen LogP) is 2.01. The first-order valence-corrected chi connectivity index (χ1v) is 6.52. The van der Waals surface area contributed by atoms with Gasteiger partial charge in [-0.05, 0) is 26.5 Å². The van der Waals surface area contributed by atoms with Crippen molar-refractivity contribution in [1.82, 2.24) is 5.32 Å².